The topological polar surface area (TPSA) is 50.2 Å². The molecule has 2 atom stereocenters. The predicted molar refractivity (Wildman–Crippen MR) is 107 cm³/mol. The van der Waals surface area contributed by atoms with Crippen LogP contribution in [-0.2, 0) is 12.7 Å². The van der Waals surface area contributed by atoms with Gasteiger partial charge in [-0.25, -0.2) is 0 Å². The number of aromatic nitrogens is 2. The molecule has 1 amide bonds. The fraction of sp³-hybridized carbons (Fsp3) is 0.545. The average molecular weight is 420 g/mol. The Bertz CT molecular complexity index is 880. The van der Waals surface area contributed by atoms with Gasteiger partial charge in [-0.2, -0.15) is 18.3 Å². The quantitative estimate of drug-likeness (QED) is 0.780. The average Bonchev–Trinajstić information content (AvgIpc) is 3.23. The van der Waals surface area contributed by atoms with Crippen molar-refractivity contribution >= 4 is 5.91 Å². The molecule has 5 nitrogen and oxygen atoms in total. The van der Waals surface area contributed by atoms with Gasteiger partial charge in [0.2, 0.25) is 0 Å². The van der Waals surface area contributed by atoms with E-state index in [9.17, 15) is 18.0 Å². The first-order chi connectivity index (χ1) is 14.2. The van der Waals surface area contributed by atoms with Crippen molar-refractivity contribution in [2.45, 2.75) is 76.4 Å². The van der Waals surface area contributed by atoms with E-state index in [1.54, 1.807) is 13.8 Å². The van der Waals surface area contributed by atoms with E-state index < -0.39 is 29.4 Å². The lowest BCUT2D eigenvalue weighted by Gasteiger charge is -2.39. The Morgan fingerprint density at radius 2 is 1.80 bits per heavy atom. The summed E-state index contributed by atoms with van der Waals surface area (Å²) in [6.07, 6.45) is 0.0399. The maximum Gasteiger partial charge on any atom is 0.433 e. The summed E-state index contributed by atoms with van der Waals surface area (Å²) in [7, 11) is 0. The SMILES string of the molecule is CC(C)n1ncc(C(=O)NC2CC3CCC(C2)N3Cc2ccccc2)c1C(F)(F)F. The van der Waals surface area contributed by atoms with Gasteiger partial charge in [0, 0.05) is 30.7 Å². The molecule has 2 saturated heterocycles. The fourth-order valence-corrected chi connectivity index (χ4v) is 4.91. The van der Waals surface area contributed by atoms with E-state index in [2.05, 4.69) is 27.4 Å². The first-order valence-corrected chi connectivity index (χ1v) is 10.5. The molecule has 2 fully saturated rings. The maximum atomic E-state index is 13.6. The third-order valence-corrected chi connectivity index (χ3v) is 6.23. The van der Waals surface area contributed by atoms with Gasteiger partial charge in [0.05, 0.1) is 11.8 Å². The Hall–Kier alpha value is -2.35. The molecule has 2 aromatic rings. The summed E-state index contributed by atoms with van der Waals surface area (Å²) in [5.74, 6) is -0.685. The minimum atomic E-state index is -4.63. The second-order valence-corrected chi connectivity index (χ2v) is 8.63. The number of amides is 1. The van der Waals surface area contributed by atoms with Crippen molar-refractivity contribution in [3.8, 4) is 0 Å². The van der Waals surface area contributed by atoms with Gasteiger partial charge in [0.1, 0.15) is 0 Å². The molecule has 0 spiro atoms. The molecule has 4 rings (SSSR count). The summed E-state index contributed by atoms with van der Waals surface area (Å²) < 4.78 is 41.6. The number of carbonyl (C=O) groups excluding carboxylic acids is 1. The van der Waals surface area contributed by atoms with Crippen LogP contribution in [0.15, 0.2) is 36.5 Å². The van der Waals surface area contributed by atoms with Gasteiger partial charge in [-0.1, -0.05) is 30.3 Å². The first kappa shape index (κ1) is 20.9. The smallest absolute Gasteiger partial charge is 0.349 e. The lowest BCUT2D eigenvalue weighted by atomic mass is 9.96. The van der Waals surface area contributed by atoms with Crippen LogP contribution in [-0.4, -0.2) is 38.7 Å². The highest BCUT2D eigenvalue weighted by Gasteiger charge is 2.43. The van der Waals surface area contributed by atoms with Crippen molar-refractivity contribution < 1.29 is 18.0 Å². The van der Waals surface area contributed by atoms with Crippen LogP contribution in [0.3, 0.4) is 0 Å². The zero-order valence-corrected chi connectivity index (χ0v) is 17.2. The third-order valence-electron chi connectivity index (χ3n) is 6.23. The number of nitrogens with one attached hydrogen (secondary N) is 1. The monoisotopic (exact) mass is 420 g/mol. The highest BCUT2D eigenvalue weighted by molar-refractivity contribution is 5.95. The minimum absolute atomic E-state index is 0.120. The number of halogens is 3. The van der Waals surface area contributed by atoms with Gasteiger partial charge in [0.15, 0.2) is 5.69 Å². The molecule has 1 aromatic heterocycles. The van der Waals surface area contributed by atoms with E-state index in [0.29, 0.717) is 12.1 Å². The Morgan fingerprint density at radius 1 is 1.17 bits per heavy atom. The van der Waals surface area contributed by atoms with E-state index in [4.69, 9.17) is 0 Å². The van der Waals surface area contributed by atoms with Crippen LogP contribution in [0.5, 0.6) is 0 Å². The second-order valence-electron chi connectivity index (χ2n) is 8.63. The molecule has 0 radical (unpaired) electrons. The fourth-order valence-electron chi connectivity index (χ4n) is 4.91. The van der Waals surface area contributed by atoms with Crippen molar-refractivity contribution in [2.75, 3.05) is 0 Å². The third kappa shape index (κ3) is 4.10. The Balaban J connectivity index is 1.45. The number of piperidine rings is 1. The molecule has 2 aliphatic rings. The van der Waals surface area contributed by atoms with Crippen LogP contribution >= 0.6 is 0 Å². The summed E-state index contributed by atoms with van der Waals surface area (Å²) in [6.45, 7) is 4.10. The van der Waals surface area contributed by atoms with Gasteiger partial charge < -0.3 is 5.32 Å². The summed E-state index contributed by atoms with van der Waals surface area (Å²) in [5, 5.41) is 6.69. The molecule has 1 N–H and O–H groups in total. The number of fused-ring (bicyclic) bond motifs is 2. The molecule has 0 aliphatic carbocycles. The van der Waals surface area contributed by atoms with Crippen molar-refractivity contribution in [2.24, 2.45) is 0 Å². The van der Waals surface area contributed by atoms with Gasteiger partial charge in [-0.05, 0) is 45.1 Å². The van der Waals surface area contributed by atoms with Crippen LogP contribution in [0.4, 0.5) is 13.2 Å². The van der Waals surface area contributed by atoms with E-state index >= 15 is 0 Å². The molecular formula is C22H27F3N4O. The van der Waals surface area contributed by atoms with Crippen molar-refractivity contribution in [1.29, 1.82) is 0 Å². The van der Waals surface area contributed by atoms with Gasteiger partial charge in [-0.15, -0.1) is 0 Å². The molecule has 30 heavy (non-hydrogen) atoms. The van der Waals surface area contributed by atoms with Gasteiger partial charge in [0.25, 0.3) is 5.91 Å². The summed E-state index contributed by atoms with van der Waals surface area (Å²) in [6, 6.07) is 10.3. The molecule has 8 heteroatoms. The zero-order chi connectivity index (χ0) is 21.5. The molecule has 1 aromatic carbocycles. The second kappa shape index (κ2) is 8.06. The molecular weight excluding hydrogens is 393 g/mol. The van der Waals surface area contributed by atoms with Crippen molar-refractivity contribution in [1.82, 2.24) is 20.0 Å². The Labute approximate surface area is 174 Å². The lowest BCUT2D eigenvalue weighted by Crippen LogP contribution is -2.50. The minimum Gasteiger partial charge on any atom is -0.349 e. The van der Waals surface area contributed by atoms with E-state index in [-0.39, 0.29) is 6.04 Å². The molecule has 2 bridgehead atoms. The van der Waals surface area contributed by atoms with Crippen molar-refractivity contribution in [3.05, 3.63) is 53.3 Å². The molecule has 0 saturated carbocycles. The predicted octanol–water partition coefficient (Wildman–Crippen LogP) is 4.41. The van der Waals surface area contributed by atoms with Gasteiger partial charge >= 0.3 is 6.18 Å². The number of alkyl halides is 3. The van der Waals surface area contributed by atoms with Crippen LogP contribution in [0.2, 0.25) is 0 Å². The van der Waals surface area contributed by atoms with Crippen LogP contribution < -0.4 is 5.32 Å². The van der Waals surface area contributed by atoms with Crippen molar-refractivity contribution in [3.63, 3.8) is 0 Å². The lowest BCUT2D eigenvalue weighted by molar-refractivity contribution is -0.145. The van der Waals surface area contributed by atoms with E-state index in [0.717, 1.165) is 43.1 Å². The molecule has 2 aliphatic heterocycles. The number of benzene rings is 1. The highest BCUT2D eigenvalue weighted by atomic mass is 19.4. The number of carbonyl (C=O) groups is 1. The van der Waals surface area contributed by atoms with Crippen LogP contribution in [0, 0.1) is 0 Å². The first-order valence-electron chi connectivity index (χ1n) is 10.5. The molecule has 3 heterocycles. The van der Waals surface area contributed by atoms with Crippen LogP contribution in [0.25, 0.3) is 0 Å². The Morgan fingerprint density at radius 3 is 2.37 bits per heavy atom. The normalized spacial score (nSPS) is 24.4. The van der Waals surface area contributed by atoms with E-state index in [1.165, 1.54) is 5.56 Å². The summed E-state index contributed by atoms with van der Waals surface area (Å²) >= 11 is 0. The maximum absolute atomic E-state index is 13.6. The van der Waals surface area contributed by atoms with Crippen LogP contribution in [0.1, 0.15) is 67.2 Å². The number of hydrogen-bond donors (Lipinski definition) is 1. The number of rotatable bonds is 5. The summed E-state index contributed by atoms with van der Waals surface area (Å²) in [4.78, 5) is 15.2. The zero-order valence-electron chi connectivity index (χ0n) is 17.2. The standard InChI is InChI=1S/C22H27F3N4O/c1-14(2)29-20(22(23,24)25)19(12-26-29)21(30)27-16-10-17-8-9-18(11-16)28(17)13-15-6-4-3-5-7-15/h3-7,12,14,16-18H,8-11,13H2,1-2H3,(H,27,30). The largest absolute Gasteiger partial charge is 0.433 e. The molecule has 2 unspecified atom stereocenters. The highest BCUT2D eigenvalue weighted by Crippen LogP contribution is 2.38. The summed E-state index contributed by atoms with van der Waals surface area (Å²) in [5.41, 5.74) is -0.109. The molecule has 162 valence electrons. The number of nitrogens with zero attached hydrogens (tertiary/aromatic N) is 3. The van der Waals surface area contributed by atoms with E-state index in [1.807, 2.05) is 18.2 Å². The van der Waals surface area contributed by atoms with Gasteiger partial charge in [-0.3, -0.25) is 14.4 Å². The number of hydrogen-bond acceptors (Lipinski definition) is 3. The Kier molecular flexibility index (Phi) is 5.61.